The van der Waals surface area contributed by atoms with Crippen LogP contribution in [-0.2, 0) is 11.3 Å². The van der Waals surface area contributed by atoms with E-state index in [0.717, 1.165) is 5.69 Å². The molecule has 6 nitrogen and oxygen atoms in total. The van der Waals surface area contributed by atoms with Crippen molar-refractivity contribution >= 4 is 28.9 Å². The van der Waals surface area contributed by atoms with Crippen LogP contribution in [0, 0.1) is 25.2 Å². The number of nitrogen functional groups attached to an aromatic ring is 1. The number of nitrogens with zero attached hydrogens (tertiary/aromatic N) is 3. The topological polar surface area (TPSA) is 96.7 Å². The highest BCUT2D eigenvalue weighted by atomic mass is 35.5. The molecule has 21 heavy (non-hydrogen) atoms. The highest BCUT2D eigenvalue weighted by Gasteiger charge is 2.12. The Bertz CT molecular complexity index is 745. The number of rotatable bonds is 3. The summed E-state index contributed by atoms with van der Waals surface area (Å²) in [5, 5.41) is 16.0. The molecule has 108 valence electrons. The maximum atomic E-state index is 12.0. The molecule has 7 heteroatoms. The fourth-order valence-electron chi connectivity index (χ4n) is 1.88. The fraction of sp³-hybridized carbons (Fsp3) is 0.214. The Labute approximate surface area is 127 Å². The van der Waals surface area contributed by atoms with Crippen molar-refractivity contribution in [2.45, 2.75) is 20.4 Å². The zero-order chi connectivity index (χ0) is 15.6. The molecule has 0 aliphatic carbocycles. The zero-order valence-electron chi connectivity index (χ0n) is 11.6. The predicted octanol–water partition coefficient (Wildman–Crippen LogP) is 2.25. The minimum absolute atomic E-state index is 0.0570. The number of aromatic nitrogens is 2. The molecular formula is C14H14ClN5O. The first-order valence-corrected chi connectivity index (χ1v) is 6.59. The Morgan fingerprint density at radius 3 is 2.76 bits per heavy atom. The monoisotopic (exact) mass is 303 g/mol. The number of nitrogens with two attached hydrogens (primary N) is 1. The van der Waals surface area contributed by atoms with Crippen molar-refractivity contribution in [3.8, 4) is 6.07 Å². The van der Waals surface area contributed by atoms with Crippen LogP contribution in [0.2, 0.25) is 5.02 Å². The highest BCUT2D eigenvalue weighted by Crippen LogP contribution is 2.20. The number of benzene rings is 1. The van der Waals surface area contributed by atoms with Gasteiger partial charge in [0.05, 0.1) is 27.7 Å². The summed E-state index contributed by atoms with van der Waals surface area (Å²) >= 11 is 5.91. The smallest absolute Gasteiger partial charge is 0.246 e. The molecule has 0 aliphatic rings. The number of hydrogen-bond acceptors (Lipinski definition) is 4. The Kier molecular flexibility index (Phi) is 4.15. The van der Waals surface area contributed by atoms with Gasteiger partial charge in [-0.05, 0) is 32.0 Å². The number of carbonyl (C=O) groups excluding carboxylic acids is 1. The first-order valence-electron chi connectivity index (χ1n) is 6.21. The molecule has 0 spiro atoms. The summed E-state index contributed by atoms with van der Waals surface area (Å²) < 4.78 is 1.55. The molecule has 0 bridgehead atoms. The molecule has 0 fully saturated rings. The van der Waals surface area contributed by atoms with E-state index in [1.165, 1.54) is 6.07 Å². The third-order valence-electron chi connectivity index (χ3n) is 3.10. The van der Waals surface area contributed by atoms with Crippen LogP contribution in [0.15, 0.2) is 18.2 Å². The Hall–Kier alpha value is -2.52. The molecule has 1 aromatic heterocycles. The van der Waals surface area contributed by atoms with Gasteiger partial charge in [-0.15, -0.1) is 0 Å². The van der Waals surface area contributed by atoms with Crippen LogP contribution in [0.3, 0.4) is 0 Å². The summed E-state index contributed by atoms with van der Waals surface area (Å²) in [6.45, 7) is 3.65. The SMILES string of the molecule is Cc1nn(CC(=O)Nc2ccc(C#N)c(Cl)c2)c(C)c1N. The van der Waals surface area contributed by atoms with Gasteiger partial charge in [0.2, 0.25) is 5.91 Å². The number of nitriles is 1. The number of hydrogen-bond donors (Lipinski definition) is 2. The van der Waals surface area contributed by atoms with Crippen molar-refractivity contribution in [2.24, 2.45) is 0 Å². The van der Waals surface area contributed by atoms with E-state index >= 15 is 0 Å². The molecule has 2 rings (SSSR count). The van der Waals surface area contributed by atoms with Gasteiger partial charge in [0.15, 0.2) is 0 Å². The molecule has 0 atom stereocenters. The zero-order valence-corrected chi connectivity index (χ0v) is 12.4. The lowest BCUT2D eigenvalue weighted by atomic mass is 10.2. The van der Waals surface area contributed by atoms with E-state index in [-0.39, 0.29) is 12.5 Å². The number of halogens is 1. The van der Waals surface area contributed by atoms with Crippen LogP contribution in [0.5, 0.6) is 0 Å². The third kappa shape index (κ3) is 3.15. The van der Waals surface area contributed by atoms with Crippen molar-refractivity contribution in [3.05, 3.63) is 40.2 Å². The van der Waals surface area contributed by atoms with Crippen LogP contribution in [0.25, 0.3) is 0 Å². The van der Waals surface area contributed by atoms with Crippen LogP contribution in [0.1, 0.15) is 17.0 Å². The van der Waals surface area contributed by atoms with Crippen molar-refractivity contribution in [1.29, 1.82) is 5.26 Å². The minimum atomic E-state index is -0.249. The van der Waals surface area contributed by atoms with Crippen LogP contribution in [-0.4, -0.2) is 15.7 Å². The maximum Gasteiger partial charge on any atom is 0.246 e. The van der Waals surface area contributed by atoms with Gasteiger partial charge in [-0.1, -0.05) is 11.6 Å². The lowest BCUT2D eigenvalue weighted by Crippen LogP contribution is -2.20. The maximum absolute atomic E-state index is 12.0. The minimum Gasteiger partial charge on any atom is -0.396 e. The van der Waals surface area contributed by atoms with Crippen molar-refractivity contribution in [1.82, 2.24) is 9.78 Å². The Morgan fingerprint density at radius 2 is 2.24 bits per heavy atom. The molecule has 2 aromatic rings. The summed E-state index contributed by atoms with van der Waals surface area (Å²) in [4.78, 5) is 12.0. The molecule has 1 heterocycles. The van der Waals surface area contributed by atoms with Gasteiger partial charge >= 0.3 is 0 Å². The molecule has 3 N–H and O–H groups in total. The summed E-state index contributed by atoms with van der Waals surface area (Å²) in [6, 6.07) is 6.67. The largest absolute Gasteiger partial charge is 0.396 e. The van der Waals surface area contributed by atoms with Gasteiger partial charge in [0.25, 0.3) is 0 Å². The van der Waals surface area contributed by atoms with Gasteiger partial charge in [-0.3, -0.25) is 9.48 Å². The normalized spacial score (nSPS) is 10.2. The molecule has 0 saturated heterocycles. The van der Waals surface area contributed by atoms with E-state index in [1.807, 2.05) is 6.07 Å². The molecule has 0 aliphatic heterocycles. The molecule has 0 radical (unpaired) electrons. The molecular weight excluding hydrogens is 290 g/mol. The van der Waals surface area contributed by atoms with Gasteiger partial charge in [0.1, 0.15) is 12.6 Å². The lowest BCUT2D eigenvalue weighted by molar-refractivity contribution is -0.116. The summed E-state index contributed by atoms with van der Waals surface area (Å²) in [7, 11) is 0. The molecule has 0 saturated carbocycles. The average molecular weight is 304 g/mol. The first kappa shape index (κ1) is 14.9. The molecule has 1 aromatic carbocycles. The van der Waals surface area contributed by atoms with Crippen LogP contribution < -0.4 is 11.1 Å². The number of nitrogens with one attached hydrogen (secondary N) is 1. The summed E-state index contributed by atoms with van der Waals surface area (Å²) in [5.74, 6) is -0.249. The van der Waals surface area contributed by atoms with Crippen molar-refractivity contribution < 1.29 is 4.79 Å². The third-order valence-corrected chi connectivity index (χ3v) is 3.42. The van der Waals surface area contributed by atoms with Gasteiger partial charge in [0, 0.05) is 5.69 Å². The summed E-state index contributed by atoms with van der Waals surface area (Å²) in [5.41, 5.74) is 8.74. The first-order chi connectivity index (χ1) is 9.92. The van der Waals surface area contributed by atoms with E-state index in [1.54, 1.807) is 30.7 Å². The Morgan fingerprint density at radius 1 is 1.52 bits per heavy atom. The fourth-order valence-corrected chi connectivity index (χ4v) is 2.11. The standard InChI is InChI=1S/C14H14ClN5O/c1-8-14(17)9(2)20(19-8)7-13(21)18-11-4-3-10(6-16)12(15)5-11/h3-5H,7,17H2,1-2H3,(H,18,21). The van der Waals surface area contributed by atoms with E-state index in [4.69, 9.17) is 22.6 Å². The molecule has 1 amide bonds. The van der Waals surface area contributed by atoms with Crippen molar-refractivity contribution in [3.63, 3.8) is 0 Å². The van der Waals surface area contributed by atoms with Gasteiger partial charge in [-0.2, -0.15) is 10.4 Å². The van der Waals surface area contributed by atoms with E-state index in [9.17, 15) is 4.79 Å². The van der Waals surface area contributed by atoms with Crippen LogP contribution in [0.4, 0.5) is 11.4 Å². The second kappa shape index (κ2) is 5.85. The number of anilines is 2. The second-order valence-electron chi connectivity index (χ2n) is 4.60. The van der Waals surface area contributed by atoms with E-state index < -0.39 is 0 Å². The molecule has 0 unspecified atom stereocenters. The quantitative estimate of drug-likeness (QED) is 0.908. The highest BCUT2D eigenvalue weighted by molar-refractivity contribution is 6.32. The average Bonchev–Trinajstić information content (AvgIpc) is 2.66. The predicted molar refractivity (Wildman–Crippen MR) is 80.9 cm³/mol. The van der Waals surface area contributed by atoms with E-state index in [0.29, 0.717) is 27.7 Å². The van der Waals surface area contributed by atoms with Crippen LogP contribution >= 0.6 is 11.6 Å². The Balaban J connectivity index is 2.10. The van der Waals surface area contributed by atoms with Gasteiger partial charge in [-0.25, -0.2) is 0 Å². The van der Waals surface area contributed by atoms with Crippen molar-refractivity contribution in [2.75, 3.05) is 11.1 Å². The van der Waals surface area contributed by atoms with Gasteiger partial charge < -0.3 is 11.1 Å². The number of amides is 1. The second-order valence-corrected chi connectivity index (χ2v) is 5.00. The summed E-state index contributed by atoms with van der Waals surface area (Å²) in [6.07, 6.45) is 0. The van der Waals surface area contributed by atoms with E-state index in [2.05, 4.69) is 10.4 Å². The number of carbonyl (C=O) groups is 1. The lowest BCUT2D eigenvalue weighted by Gasteiger charge is -2.07. The number of aryl methyl sites for hydroxylation is 1.